The Morgan fingerprint density at radius 3 is 3.11 bits per heavy atom. The first-order valence-electron chi connectivity index (χ1n) is 6.26. The van der Waals surface area contributed by atoms with Crippen LogP contribution < -0.4 is 0 Å². The summed E-state index contributed by atoms with van der Waals surface area (Å²) in [5.74, 6) is 0. The molecule has 3 heterocycles. The Kier molecular flexibility index (Phi) is 2.63. The zero-order valence-electron chi connectivity index (χ0n) is 10.6. The second-order valence-electron chi connectivity index (χ2n) is 4.56. The maximum atomic E-state index is 4.44. The van der Waals surface area contributed by atoms with Gasteiger partial charge in [-0.15, -0.1) is 0 Å². The van der Waals surface area contributed by atoms with Crippen molar-refractivity contribution in [3.63, 3.8) is 0 Å². The van der Waals surface area contributed by atoms with E-state index in [1.807, 2.05) is 29.3 Å². The number of hydrogen-bond acceptors (Lipinski definition) is 2. The maximum Gasteiger partial charge on any atom is 0.137 e. The van der Waals surface area contributed by atoms with E-state index in [2.05, 4.69) is 41.2 Å². The van der Waals surface area contributed by atoms with Crippen molar-refractivity contribution < 1.29 is 0 Å². The number of nitrogens with zero attached hydrogens (tertiary/aromatic N) is 3. The van der Waals surface area contributed by atoms with Gasteiger partial charge in [0.15, 0.2) is 0 Å². The molecule has 0 amide bonds. The van der Waals surface area contributed by atoms with Gasteiger partial charge in [-0.1, -0.05) is 6.92 Å². The zero-order valence-corrected chi connectivity index (χ0v) is 10.6. The summed E-state index contributed by atoms with van der Waals surface area (Å²) < 4.78 is 2.02. The fraction of sp³-hybridized carbons (Fsp3) is 0.286. The van der Waals surface area contributed by atoms with E-state index in [0.29, 0.717) is 6.04 Å². The Balaban J connectivity index is 2.09. The van der Waals surface area contributed by atoms with Crippen LogP contribution in [0.4, 0.5) is 0 Å². The number of H-pyrrole nitrogens is 1. The molecule has 0 aliphatic rings. The van der Waals surface area contributed by atoms with E-state index in [9.17, 15) is 0 Å². The highest BCUT2D eigenvalue weighted by Crippen LogP contribution is 2.27. The Morgan fingerprint density at radius 1 is 1.39 bits per heavy atom. The molecule has 0 radical (unpaired) electrons. The van der Waals surface area contributed by atoms with Crippen LogP contribution >= 0.6 is 0 Å². The van der Waals surface area contributed by atoms with Gasteiger partial charge in [-0.3, -0.25) is 4.68 Å². The Morgan fingerprint density at radius 2 is 2.28 bits per heavy atom. The molecule has 0 spiro atoms. The first-order chi connectivity index (χ1) is 8.79. The third-order valence-electron chi connectivity index (χ3n) is 3.42. The lowest BCUT2D eigenvalue weighted by Gasteiger charge is -2.07. The smallest absolute Gasteiger partial charge is 0.137 e. The van der Waals surface area contributed by atoms with Crippen molar-refractivity contribution in [1.29, 1.82) is 0 Å². The standard InChI is InChI=1S/C14H16N4/c1-3-10(2)18-9-11(8-17-18)12-4-6-15-14-13(12)5-7-16-14/h4-10H,3H2,1-2H3,(H,15,16)/t10-/m1/s1. The van der Waals surface area contributed by atoms with Crippen molar-refractivity contribution in [2.75, 3.05) is 0 Å². The van der Waals surface area contributed by atoms with Crippen LogP contribution in [0.3, 0.4) is 0 Å². The van der Waals surface area contributed by atoms with E-state index < -0.39 is 0 Å². The maximum absolute atomic E-state index is 4.44. The van der Waals surface area contributed by atoms with Gasteiger partial charge in [0.2, 0.25) is 0 Å². The number of nitrogens with one attached hydrogen (secondary N) is 1. The van der Waals surface area contributed by atoms with Gasteiger partial charge in [0.25, 0.3) is 0 Å². The monoisotopic (exact) mass is 240 g/mol. The number of fused-ring (bicyclic) bond motifs is 1. The second-order valence-corrected chi connectivity index (χ2v) is 4.56. The van der Waals surface area contributed by atoms with Crippen molar-refractivity contribution >= 4 is 11.0 Å². The molecule has 1 N–H and O–H groups in total. The Hall–Kier alpha value is -2.10. The van der Waals surface area contributed by atoms with Crippen molar-refractivity contribution in [2.45, 2.75) is 26.3 Å². The fourth-order valence-corrected chi connectivity index (χ4v) is 2.12. The molecule has 0 saturated carbocycles. The average molecular weight is 240 g/mol. The first-order valence-corrected chi connectivity index (χ1v) is 6.26. The molecular formula is C14H16N4. The summed E-state index contributed by atoms with van der Waals surface area (Å²) in [5.41, 5.74) is 3.24. The van der Waals surface area contributed by atoms with Gasteiger partial charge in [0.1, 0.15) is 5.65 Å². The van der Waals surface area contributed by atoms with Gasteiger partial charge < -0.3 is 4.98 Å². The molecule has 0 bridgehead atoms. The molecule has 4 heteroatoms. The van der Waals surface area contributed by atoms with Crippen LogP contribution in [0.15, 0.2) is 36.9 Å². The van der Waals surface area contributed by atoms with Crippen LogP contribution in [0.2, 0.25) is 0 Å². The van der Waals surface area contributed by atoms with E-state index >= 15 is 0 Å². The topological polar surface area (TPSA) is 46.5 Å². The molecule has 18 heavy (non-hydrogen) atoms. The Bertz CT molecular complexity index is 665. The van der Waals surface area contributed by atoms with Gasteiger partial charge in [-0.2, -0.15) is 5.10 Å². The van der Waals surface area contributed by atoms with Gasteiger partial charge in [0, 0.05) is 35.6 Å². The molecule has 1 atom stereocenters. The number of pyridine rings is 1. The third-order valence-corrected chi connectivity index (χ3v) is 3.42. The highest BCUT2D eigenvalue weighted by atomic mass is 15.3. The van der Waals surface area contributed by atoms with Gasteiger partial charge in [-0.25, -0.2) is 4.98 Å². The summed E-state index contributed by atoms with van der Waals surface area (Å²) in [4.78, 5) is 7.43. The third kappa shape index (κ3) is 1.70. The summed E-state index contributed by atoms with van der Waals surface area (Å²) in [6.45, 7) is 4.35. The predicted octanol–water partition coefficient (Wildman–Crippen LogP) is 3.40. The highest BCUT2D eigenvalue weighted by molar-refractivity contribution is 5.92. The van der Waals surface area contributed by atoms with Crippen molar-refractivity contribution in [1.82, 2.24) is 19.7 Å². The van der Waals surface area contributed by atoms with Crippen LogP contribution in [0, 0.1) is 0 Å². The lowest BCUT2D eigenvalue weighted by atomic mass is 10.1. The SMILES string of the molecule is CC[C@@H](C)n1cc(-c2ccnc3[nH]ccc23)cn1. The predicted molar refractivity (Wildman–Crippen MR) is 72.3 cm³/mol. The molecule has 0 unspecified atom stereocenters. The van der Waals surface area contributed by atoms with Crippen LogP contribution in [-0.4, -0.2) is 19.7 Å². The quantitative estimate of drug-likeness (QED) is 0.762. The average Bonchev–Trinajstić information content (AvgIpc) is 3.05. The van der Waals surface area contributed by atoms with Crippen molar-refractivity contribution in [3.05, 3.63) is 36.9 Å². The molecule has 0 saturated heterocycles. The van der Waals surface area contributed by atoms with Crippen molar-refractivity contribution in [3.8, 4) is 11.1 Å². The second kappa shape index (κ2) is 4.29. The fourth-order valence-electron chi connectivity index (χ4n) is 2.12. The molecule has 0 aromatic carbocycles. The summed E-state index contributed by atoms with van der Waals surface area (Å²) in [7, 11) is 0. The zero-order chi connectivity index (χ0) is 12.5. The molecule has 3 aromatic rings. The van der Waals surface area contributed by atoms with Gasteiger partial charge in [0.05, 0.1) is 6.20 Å². The van der Waals surface area contributed by atoms with Crippen molar-refractivity contribution in [2.24, 2.45) is 0 Å². The number of aromatic nitrogens is 4. The largest absolute Gasteiger partial charge is 0.346 e. The van der Waals surface area contributed by atoms with Crippen LogP contribution in [0.1, 0.15) is 26.3 Å². The van der Waals surface area contributed by atoms with E-state index in [4.69, 9.17) is 0 Å². The van der Waals surface area contributed by atoms with Crippen LogP contribution in [0.25, 0.3) is 22.2 Å². The molecular weight excluding hydrogens is 224 g/mol. The minimum Gasteiger partial charge on any atom is -0.346 e. The first kappa shape index (κ1) is 11.0. The summed E-state index contributed by atoms with van der Waals surface area (Å²) in [5, 5.41) is 5.58. The minimum atomic E-state index is 0.433. The lowest BCUT2D eigenvalue weighted by Crippen LogP contribution is -2.03. The van der Waals surface area contributed by atoms with Gasteiger partial charge in [-0.05, 0) is 31.0 Å². The molecule has 0 aliphatic carbocycles. The molecule has 4 nitrogen and oxygen atoms in total. The van der Waals surface area contributed by atoms with E-state index in [1.54, 1.807) is 0 Å². The normalized spacial score (nSPS) is 13.0. The summed E-state index contributed by atoms with van der Waals surface area (Å²) in [6, 6.07) is 4.52. The summed E-state index contributed by atoms with van der Waals surface area (Å²) in [6.07, 6.45) is 8.86. The minimum absolute atomic E-state index is 0.433. The van der Waals surface area contributed by atoms with Crippen LogP contribution in [0.5, 0.6) is 0 Å². The lowest BCUT2D eigenvalue weighted by molar-refractivity contribution is 0.478. The molecule has 0 fully saturated rings. The number of hydrogen-bond donors (Lipinski definition) is 1. The van der Waals surface area contributed by atoms with E-state index in [-0.39, 0.29) is 0 Å². The highest BCUT2D eigenvalue weighted by Gasteiger charge is 2.09. The van der Waals surface area contributed by atoms with Crippen LogP contribution in [-0.2, 0) is 0 Å². The molecule has 3 rings (SSSR count). The Labute approximate surface area is 106 Å². The van der Waals surface area contributed by atoms with E-state index in [1.165, 1.54) is 5.56 Å². The molecule has 92 valence electrons. The number of aromatic amines is 1. The van der Waals surface area contributed by atoms with Gasteiger partial charge >= 0.3 is 0 Å². The number of rotatable bonds is 3. The summed E-state index contributed by atoms with van der Waals surface area (Å²) >= 11 is 0. The van der Waals surface area contributed by atoms with E-state index in [0.717, 1.165) is 23.0 Å². The molecule has 3 aromatic heterocycles. The molecule has 0 aliphatic heterocycles.